The van der Waals surface area contributed by atoms with E-state index in [1.807, 2.05) is 0 Å². The van der Waals surface area contributed by atoms with Gasteiger partial charge in [0.2, 0.25) is 0 Å². The number of aromatic nitrogens is 3. The van der Waals surface area contributed by atoms with E-state index in [4.69, 9.17) is 10.7 Å². The molecule has 4 heterocycles. The molecule has 2 aliphatic rings. The van der Waals surface area contributed by atoms with Crippen molar-refractivity contribution >= 4 is 22.8 Å². The van der Waals surface area contributed by atoms with Crippen LogP contribution in [0.25, 0.3) is 11.2 Å². The molecule has 0 bridgehead atoms. The molecule has 1 aromatic carbocycles. The van der Waals surface area contributed by atoms with E-state index in [1.54, 1.807) is 4.90 Å². The molecule has 3 aromatic rings. The zero-order valence-electron chi connectivity index (χ0n) is 19.4. The third kappa shape index (κ3) is 4.95. The van der Waals surface area contributed by atoms with E-state index >= 15 is 0 Å². The normalized spacial score (nSPS) is 19.6. The summed E-state index contributed by atoms with van der Waals surface area (Å²) in [6, 6.07) is 3.26. The summed E-state index contributed by atoms with van der Waals surface area (Å²) < 4.78 is 56.2. The highest BCUT2D eigenvalue weighted by atomic mass is 19.4. The van der Waals surface area contributed by atoms with Gasteiger partial charge < -0.3 is 25.7 Å². The van der Waals surface area contributed by atoms with Gasteiger partial charge in [-0.1, -0.05) is 0 Å². The number of halogens is 4. The number of amides is 1. The number of pyridine rings is 1. The molecule has 36 heavy (non-hydrogen) atoms. The summed E-state index contributed by atoms with van der Waals surface area (Å²) in [5.74, 6) is -0.428. The second-order valence-corrected chi connectivity index (χ2v) is 9.25. The van der Waals surface area contributed by atoms with Crippen molar-refractivity contribution < 1.29 is 27.1 Å². The smallest absolute Gasteiger partial charge is 0.406 e. The second kappa shape index (κ2) is 9.57. The number of piperidine rings is 2. The summed E-state index contributed by atoms with van der Waals surface area (Å²) in [6.45, 7) is 2.47. The van der Waals surface area contributed by atoms with Crippen molar-refractivity contribution in [2.45, 2.75) is 43.9 Å². The summed E-state index contributed by atoms with van der Waals surface area (Å²) in [7, 11) is 0. The van der Waals surface area contributed by atoms with Gasteiger partial charge in [0.25, 0.3) is 5.91 Å². The van der Waals surface area contributed by atoms with Crippen molar-refractivity contribution in [1.29, 1.82) is 0 Å². The average Bonchev–Trinajstić information content (AvgIpc) is 3.28. The van der Waals surface area contributed by atoms with Gasteiger partial charge in [-0.15, -0.1) is 13.2 Å². The van der Waals surface area contributed by atoms with Crippen molar-refractivity contribution in [3.05, 3.63) is 47.2 Å². The number of fused-ring (bicyclic) bond motifs is 1. The number of nitrogens with two attached hydrogens (primary N) is 1. The van der Waals surface area contributed by atoms with Crippen molar-refractivity contribution in [1.82, 2.24) is 25.2 Å². The Hall–Kier alpha value is -3.41. The van der Waals surface area contributed by atoms with Crippen LogP contribution < -0.4 is 15.8 Å². The van der Waals surface area contributed by atoms with Crippen molar-refractivity contribution in [3.63, 3.8) is 0 Å². The first-order chi connectivity index (χ1) is 17.2. The van der Waals surface area contributed by atoms with Crippen LogP contribution in [0.5, 0.6) is 5.75 Å². The van der Waals surface area contributed by atoms with Crippen LogP contribution in [0.2, 0.25) is 0 Å². The summed E-state index contributed by atoms with van der Waals surface area (Å²) in [5.41, 5.74) is 7.43. The molecule has 0 spiro atoms. The van der Waals surface area contributed by atoms with E-state index in [2.05, 4.69) is 20.0 Å². The number of H-pyrrole nitrogens is 1. The maximum absolute atomic E-state index is 15.0. The van der Waals surface area contributed by atoms with Gasteiger partial charge in [-0.3, -0.25) is 4.79 Å². The molecular formula is C24H26F4N6O2. The number of rotatable bonds is 4. The maximum atomic E-state index is 15.0. The van der Waals surface area contributed by atoms with Gasteiger partial charge >= 0.3 is 6.36 Å². The lowest BCUT2D eigenvalue weighted by atomic mass is 9.88. The minimum atomic E-state index is -4.85. The van der Waals surface area contributed by atoms with Gasteiger partial charge in [0.15, 0.2) is 5.65 Å². The Morgan fingerprint density at radius 3 is 2.61 bits per heavy atom. The molecular weight excluding hydrogens is 480 g/mol. The molecule has 12 heteroatoms. The standard InChI is InChI=1S/C24H26F4N6O2/c25-17-12-31-22-20(32-21(33-22)14-2-1-7-30-11-14)19(17)13-5-8-34(9-6-13)23(35)16-4-3-15(10-18(16)29)36-24(26,27)28/h3-4,10,12-14,30H,1-2,5-9,11,29H2,(H,31,32,33). The second-order valence-electron chi connectivity index (χ2n) is 9.25. The lowest BCUT2D eigenvalue weighted by Gasteiger charge is -2.32. The fourth-order valence-corrected chi connectivity index (χ4v) is 5.11. The highest BCUT2D eigenvalue weighted by Gasteiger charge is 2.33. The van der Waals surface area contributed by atoms with E-state index in [0.717, 1.165) is 43.9 Å². The Morgan fingerprint density at radius 2 is 1.94 bits per heavy atom. The van der Waals surface area contributed by atoms with E-state index in [9.17, 15) is 22.4 Å². The number of aromatic amines is 1. The fraction of sp³-hybridized carbons (Fsp3) is 0.458. The number of nitrogens with one attached hydrogen (secondary N) is 2. The van der Waals surface area contributed by atoms with Crippen LogP contribution in [0.4, 0.5) is 23.2 Å². The monoisotopic (exact) mass is 506 g/mol. The summed E-state index contributed by atoms with van der Waals surface area (Å²) in [4.78, 5) is 26.8. The number of nitrogen functional groups attached to an aromatic ring is 1. The first-order valence-corrected chi connectivity index (χ1v) is 11.9. The third-order valence-corrected chi connectivity index (χ3v) is 6.88. The van der Waals surface area contributed by atoms with Crippen molar-refractivity contribution in [3.8, 4) is 5.75 Å². The molecule has 0 saturated carbocycles. The Bertz CT molecular complexity index is 1260. The number of imidazole rings is 1. The molecule has 1 amide bonds. The molecule has 0 aliphatic carbocycles. The van der Waals surface area contributed by atoms with E-state index in [-0.39, 0.29) is 23.1 Å². The van der Waals surface area contributed by atoms with Gasteiger partial charge in [0.05, 0.1) is 11.8 Å². The first-order valence-electron chi connectivity index (χ1n) is 11.9. The minimum absolute atomic E-state index is 0.0958. The van der Waals surface area contributed by atoms with Gasteiger partial charge in [-0.2, -0.15) is 0 Å². The Balaban J connectivity index is 1.30. The highest BCUT2D eigenvalue weighted by Crippen LogP contribution is 2.36. The third-order valence-electron chi connectivity index (χ3n) is 6.88. The SMILES string of the molecule is Nc1cc(OC(F)(F)F)ccc1C(=O)N1CCC(c2c(F)cnc3[nH]c(C4CCCNC4)nc23)CC1. The Labute approximate surface area is 204 Å². The molecule has 2 fully saturated rings. The molecule has 8 nitrogen and oxygen atoms in total. The number of ether oxygens (including phenoxy) is 1. The highest BCUT2D eigenvalue weighted by molar-refractivity contribution is 5.99. The maximum Gasteiger partial charge on any atom is 0.573 e. The molecule has 192 valence electrons. The van der Waals surface area contributed by atoms with Crippen LogP contribution in [0.3, 0.4) is 0 Å². The van der Waals surface area contributed by atoms with Crippen LogP contribution in [0.15, 0.2) is 24.4 Å². The Morgan fingerprint density at radius 1 is 1.17 bits per heavy atom. The number of benzene rings is 1. The van der Waals surface area contributed by atoms with Crippen molar-refractivity contribution in [2.75, 3.05) is 31.9 Å². The number of anilines is 1. The number of carbonyl (C=O) groups excluding carboxylic acids is 1. The molecule has 2 aliphatic heterocycles. The molecule has 2 aromatic heterocycles. The molecule has 0 radical (unpaired) electrons. The summed E-state index contributed by atoms with van der Waals surface area (Å²) in [6.07, 6.45) is -0.589. The molecule has 1 atom stereocenters. The minimum Gasteiger partial charge on any atom is -0.406 e. The number of likely N-dealkylation sites (tertiary alicyclic amines) is 1. The van der Waals surface area contributed by atoms with Gasteiger partial charge in [0.1, 0.15) is 22.9 Å². The van der Waals surface area contributed by atoms with Crippen LogP contribution in [-0.4, -0.2) is 58.3 Å². The van der Waals surface area contributed by atoms with E-state index in [1.165, 1.54) is 12.3 Å². The van der Waals surface area contributed by atoms with Crippen LogP contribution in [0.1, 0.15) is 59.3 Å². The van der Waals surface area contributed by atoms with Gasteiger partial charge in [-0.25, -0.2) is 14.4 Å². The summed E-state index contributed by atoms with van der Waals surface area (Å²) in [5, 5.41) is 3.36. The molecule has 5 rings (SSSR count). The van der Waals surface area contributed by atoms with E-state index < -0.39 is 23.8 Å². The number of carbonyl (C=O) groups is 1. The van der Waals surface area contributed by atoms with Crippen molar-refractivity contribution in [2.24, 2.45) is 0 Å². The number of alkyl halides is 3. The lowest BCUT2D eigenvalue weighted by Crippen LogP contribution is -2.38. The molecule has 2 saturated heterocycles. The van der Waals surface area contributed by atoms with Crippen LogP contribution >= 0.6 is 0 Å². The topological polar surface area (TPSA) is 109 Å². The van der Waals surface area contributed by atoms with Gasteiger partial charge in [-0.05, 0) is 50.3 Å². The average molecular weight is 507 g/mol. The van der Waals surface area contributed by atoms with Crippen LogP contribution in [-0.2, 0) is 0 Å². The lowest BCUT2D eigenvalue weighted by molar-refractivity contribution is -0.274. The number of nitrogens with zero attached hydrogens (tertiary/aromatic N) is 3. The first kappa shape index (κ1) is 24.3. The molecule has 1 unspecified atom stereocenters. The predicted octanol–water partition coefficient (Wildman–Crippen LogP) is 4.06. The van der Waals surface area contributed by atoms with E-state index in [0.29, 0.717) is 42.7 Å². The zero-order chi connectivity index (χ0) is 25.4. The quantitative estimate of drug-likeness (QED) is 0.364. The largest absolute Gasteiger partial charge is 0.573 e. The predicted molar refractivity (Wildman–Crippen MR) is 124 cm³/mol. The summed E-state index contributed by atoms with van der Waals surface area (Å²) >= 11 is 0. The number of hydrogen-bond donors (Lipinski definition) is 3. The number of hydrogen-bond acceptors (Lipinski definition) is 6. The zero-order valence-corrected chi connectivity index (χ0v) is 19.4. The Kier molecular flexibility index (Phi) is 6.45. The van der Waals surface area contributed by atoms with Gasteiger partial charge in [0, 0.05) is 42.9 Å². The van der Waals surface area contributed by atoms with Crippen LogP contribution in [0, 0.1) is 5.82 Å². The molecule has 4 N–H and O–H groups in total. The fourth-order valence-electron chi connectivity index (χ4n) is 5.11.